The molecule has 29 nitrogen and oxygen atoms in total. The van der Waals surface area contributed by atoms with Crippen molar-refractivity contribution in [1.82, 2.24) is 5.32 Å². The zero-order chi connectivity index (χ0) is 53.1. The second kappa shape index (κ2) is 2110. The molecule has 0 saturated heterocycles. The van der Waals surface area contributed by atoms with E-state index >= 15 is 0 Å². The molecule has 29 heteroatoms. The van der Waals surface area contributed by atoms with Crippen LogP contribution in [0.4, 0.5) is 0 Å². The zero-order valence-electron chi connectivity index (χ0n) is 36.9. The summed E-state index contributed by atoms with van der Waals surface area (Å²) in [5.41, 5.74) is 0. The minimum absolute atomic E-state index is 1.00. The van der Waals surface area contributed by atoms with Gasteiger partial charge in [0.05, 0.1) is 0 Å². The summed E-state index contributed by atoms with van der Waals surface area (Å²) in [6.07, 6.45) is 6.75. The molecular weight excluding hydrogens is 786 g/mol. The molecule has 0 amide bonds. The monoisotopic (exact) mass is 884 g/mol. The lowest BCUT2D eigenvalue weighted by atomic mass is 10.4. The van der Waals surface area contributed by atoms with Gasteiger partial charge in [-0.1, -0.05) is 139 Å². The van der Waals surface area contributed by atoms with Crippen LogP contribution in [0, 0.1) is 0 Å². The molecule has 0 aromatic carbocycles. The summed E-state index contributed by atoms with van der Waals surface area (Å²) in [5, 5.41) is 168. The van der Waals surface area contributed by atoms with Gasteiger partial charge in [0, 0.05) is 14.2 Å². The Balaban J connectivity index is -0.00000000984. The third-order valence-electron chi connectivity index (χ3n) is 0.775. The van der Waals surface area contributed by atoms with E-state index in [1.54, 1.807) is 0 Å². The molecule has 0 aromatic rings. The Morgan fingerprint density at radius 3 is 0.518 bits per heavy atom. The first-order valence-electron chi connectivity index (χ1n) is 15.1. The summed E-state index contributed by atoms with van der Waals surface area (Å²) in [4.78, 5) is 0. The number of nitrogens with one attached hydrogen (secondary N) is 1. The maximum absolute atomic E-state index is 7.00. The quantitative estimate of drug-likeness (QED) is 0.0540. The molecule has 0 aromatic heterocycles. The third kappa shape index (κ3) is 25600. The lowest BCUT2D eigenvalue weighted by molar-refractivity contribution is -0.465. The fourth-order valence-electron chi connectivity index (χ4n) is 0.381. The highest BCUT2D eigenvalue weighted by Crippen LogP contribution is 1.72. The van der Waals surface area contributed by atoms with Crippen molar-refractivity contribution in [1.29, 1.82) is 0 Å². The van der Waals surface area contributed by atoms with Crippen molar-refractivity contribution in [3.8, 4) is 0 Å². The van der Waals surface area contributed by atoms with Crippen molar-refractivity contribution in [2.75, 3.05) is 27.3 Å². The van der Waals surface area contributed by atoms with Crippen LogP contribution in [0.3, 0.4) is 0 Å². The van der Waals surface area contributed by atoms with E-state index in [-0.39, 0.29) is 0 Å². The van der Waals surface area contributed by atoms with Crippen LogP contribution >= 0.6 is 0 Å². The summed E-state index contributed by atoms with van der Waals surface area (Å²) in [7, 11) is 2.00. The minimum Gasteiger partial charge on any atom is -0.400 e. The van der Waals surface area contributed by atoms with Gasteiger partial charge in [0.2, 0.25) is 0 Å². The molecular formula is C27H97NO28. The van der Waals surface area contributed by atoms with Crippen LogP contribution in [0.2, 0.25) is 0 Å². The Morgan fingerprint density at radius 1 is 0.375 bits per heavy atom. The summed E-state index contributed by atoms with van der Waals surface area (Å²) >= 11 is 0. The molecule has 0 aliphatic heterocycles. The molecule has 0 spiro atoms. The van der Waals surface area contributed by atoms with E-state index in [0.29, 0.717) is 0 Å². The Labute approximate surface area is 334 Å². The molecule has 0 heterocycles. The predicted molar refractivity (Wildman–Crippen MR) is 219 cm³/mol. The fraction of sp³-hybridized carbons (Fsp3) is 0.852. The second-order valence-corrected chi connectivity index (χ2v) is 3.72. The van der Waals surface area contributed by atoms with Gasteiger partial charge >= 0.3 is 0 Å². The average molecular weight is 884 g/mol. The summed E-state index contributed by atoms with van der Waals surface area (Å²) in [5.74, 6) is 0. The molecule has 0 aliphatic carbocycles. The van der Waals surface area contributed by atoms with Gasteiger partial charge in [-0.2, -0.15) is 0 Å². The van der Waals surface area contributed by atoms with Crippen LogP contribution in [-0.2, 0) is 10.1 Å². The van der Waals surface area contributed by atoms with Crippen LogP contribution in [-0.4, -0.2) is 164 Å². The van der Waals surface area contributed by atoms with Gasteiger partial charge in [-0.05, 0) is 19.5 Å². The van der Waals surface area contributed by atoms with E-state index < -0.39 is 0 Å². The van der Waals surface area contributed by atoms with E-state index in [0.717, 1.165) is 33.7 Å². The van der Waals surface area contributed by atoms with Crippen LogP contribution < -0.4 is 5.32 Å². The van der Waals surface area contributed by atoms with Crippen molar-refractivity contribution in [3.05, 3.63) is 25.8 Å². The summed E-state index contributed by atoms with van der Waals surface area (Å²) in [6.45, 7) is 42.6. The third-order valence-corrected chi connectivity index (χ3v) is 0.775. The van der Waals surface area contributed by atoms with Crippen molar-refractivity contribution in [2.45, 2.75) is 130 Å². The fourth-order valence-corrected chi connectivity index (χ4v) is 0.381. The zero-order valence-corrected chi connectivity index (χ0v) is 36.9. The topological polar surface area (TPSA) is 556 Å². The molecule has 0 aliphatic rings. The largest absolute Gasteiger partial charge is 0.400 e. The number of aliphatic hydroxyl groups excluding tert-OH is 2. The van der Waals surface area contributed by atoms with Gasteiger partial charge in [0.15, 0.2) is 0 Å². The predicted octanol–water partition coefficient (Wildman–Crippen LogP) is 9.62. The van der Waals surface area contributed by atoms with Gasteiger partial charge < -0.3 is 15.5 Å². The molecule has 378 valence electrons. The molecule has 27 N–H and O–H groups in total. The molecule has 0 rings (SSSR count). The highest BCUT2D eigenvalue weighted by atomic mass is 17.4. The van der Waals surface area contributed by atoms with E-state index in [1.807, 2.05) is 61.5 Å². The summed E-state index contributed by atoms with van der Waals surface area (Å²) < 4.78 is 0. The van der Waals surface area contributed by atoms with Crippen molar-refractivity contribution in [3.63, 3.8) is 0 Å². The number of rotatable bonds is 4. The lowest BCUT2D eigenvalue weighted by Gasteiger charge is -1.92. The van der Waals surface area contributed by atoms with Gasteiger partial charge in [-0.25, -0.2) is 21.0 Å². The maximum atomic E-state index is 7.00. The minimum atomic E-state index is 1.00. The Morgan fingerprint density at radius 2 is 0.464 bits per heavy atom. The summed E-state index contributed by atoms with van der Waals surface area (Å²) in [6, 6.07) is 0. The maximum Gasteiger partial charge on any atom is 0.0319 e. The Hall–Kier alpha value is -1.68. The van der Waals surface area contributed by atoms with E-state index in [2.05, 4.69) is 83.6 Å². The lowest BCUT2D eigenvalue weighted by Crippen LogP contribution is -2.12. The SMILES string of the molecule is C=C.C=CCCNCC.CC.CC.CC.CC.CCC.CCC.CCC.CO.CO.OO.OO.OO.OO.OO.OO.OO.OO.OO.OO.OOO.OOO. The molecule has 0 saturated carbocycles. The highest BCUT2D eigenvalue weighted by Gasteiger charge is 1.74. The first-order valence-corrected chi connectivity index (χ1v) is 15.1. The molecule has 0 bridgehead atoms. The molecule has 0 atom stereocenters. The first-order chi connectivity index (χ1) is 27.5. The van der Waals surface area contributed by atoms with Crippen molar-refractivity contribution >= 4 is 0 Å². The van der Waals surface area contributed by atoms with Crippen LogP contribution in [0.1, 0.15) is 130 Å². The van der Waals surface area contributed by atoms with Gasteiger partial charge in [0.25, 0.3) is 0 Å². The molecule has 0 fully saturated rings. The van der Waals surface area contributed by atoms with E-state index in [9.17, 15) is 0 Å². The Bertz CT molecular complexity index is 145. The number of aliphatic hydroxyl groups is 2. The van der Waals surface area contributed by atoms with Crippen LogP contribution in [0.5, 0.6) is 0 Å². The van der Waals surface area contributed by atoms with Crippen LogP contribution in [0.15, 0.2) is 25.8 Å². The molecule has 0 radical (unpaired) electrons. The molecule has 56 heavy (non-hydrogen) atoms. The number of hydrogen-bond donors (Lipinski definition) is 27. The average Bonchev–Trinajstić information content (AvgIpc) is 3.34. The van der Waals surface area contributed by atoms with Gasteiger partial charge in [0.1, 0.15) is 0 Å². The first kappa shape index (κ1) is 157. The van der Waals surface area contributed by atoms with Gasteiger partial charge in [-0.15, -0.1) is 19.7 Å². The highest BCUT2D eigenvalue weighted by molar-refractivity contribution is 4.66. The van der Waals surface area contributed by atoms with E-state index in [4.69, 9.17) is 136 Å². The second-order valence-electron chi connectivity index (χ2n) is 3.72. The van der Waals surface area contributed by atoms with E-state index in [1.165, 1.54) is 19.3 Å². The van der Waals surface area contributed by atoms with Crippen molar-refractivity contribution < 1.29 is 146 Å². The Kier molecular flexibility index (Phi) is 5930. The van der Waals surface area contributed by atoms with Gasteiger partial charge in [-0.3, -0.25) is 105 Å². The smallest absolute Gasteiger partial charge is 0.0319 e. The normalized spacial score (nSPS) is 4.48. The number of hydrogen-bond acceptors (Lipinski definition) is 29. The standard InChI is InChI=1S/C6H13N.3C3H8.4C2H6.C2H4.2CH4O.2H2O3.10H2O2/c1-3-5-6-7-4-2;3*1-3-2;7*1-2;2*1-3-2;10*1-2/h3,7H,1,4-6H2,2H3;3*3H2,1-2H3;4*1-2H3;1-2H2;2*2H,1H3;2*1-2H;10*1-2H. The van der Waals surface area contributed by atoms with Crippen LogP contribution in [0.25, 0.3) is 0 Å². The molecule has 0 unspecified atom stereocenters. The van der Waals surface area contributed by atoms with Crippen molar-refractivity contribution in [2.24, 2.45) is 0 Å².